The summed E-state index contributed by atoms with van der Waals surface area (Å²) in [5, 5.41) is 4.12. The molecule has 126 valence electrons. The molecule has 6 heteroatoms. The summed E-state index contributed by atoms with van der Waals surface area (Å²) < 4.78 is 28.8. The summed E-state index contributed by atoms with van der Waals surface area (Å²) in [6, 6.07) is 7.59. The lowest BCUT2D eigenvalue weighted by Gasteiger charge is -2.25. The predicted molar refractivity (Wildman–Crippen MR) is 89.1 cm³/mol. The van der Waals surface area contributed by atoms with Crippen LogP contribution in [0, 0.1) is 5.41 Å². The molecule has 3 fully saturated rings. The van der Waals surface area contributed by atoms with Crippen molar-refractivity contribution >= 4 is 9.84 Å². The molecule has 0 bridgehead atoms. The number of benzene rings is 1. The Kier molecular flexibility index (Phi) is 2.73. The molecule has 3 saturated carbocycles. The average molecular weight is 344 g/mol. The smallest absolute Gasteiger partial charge is 0.230 e. The Hall–Kier alpha value is -1.69. The van der Waals surface area contributed by atoms with Gasteiger partial charge in [0.15, 0.2) is 9.84 Å². The third-order valence-corrected chi connectivity index (χ3v) is 8.43. The van der Waals surface area contributed by atoms with Gasteiger partial charge in [0.2, 0.25) is 11.7 Å². The molecule has 5 rings (SSSR count). The fourth-order valence-corrected chi connectivity index (χ4v) is 5.69. The van der Waals surface area contributed by atoms with Crippen molar-refractivity contribution in [2.45, 2.75) is 49.2 Å². The van der Waals surface area contributed by atoms with Crippen LogP contribution in [-0.2, 0) is 14.6 Å². The van der Waals surface area contributed by atoms with E-state index in [2.05, 4.69) is 10.1 Å². The fourth-order valence-electron chi connectivity index (χ4n) is 4.28. The number of sulfone groups is 1. The predicted octanol–water partition coefficient (Wildman–Crippen LogP) is 3.43. The molecule has 2 aromatic rings. The average Bonchev–Trinajstić information content (AvgIpc) is 3.42. The van der Waals surface area contributed by atoms with Crippen molar-refractivity contribution < 1.29 is 12.9 Å². The van der Waals surface area contributed by atoms with Crippen LogP contribution >= 0.6 is 0 Å². The molecule has 1 aromatic carbocycles. The van der Waals surface area contributed by atoms with Gasteiger partial charge in [-0.15, -0.1) is 0 Å². The van der Waals surface area contributed by atoms with E-state index in [1.807, 2.05) is 24.3 Å². The van der Waals surface area contributed by atoms with Crippen LogP contribution in [0.5, 0.6) is 0 Å². The van der Waals surface area contributed by atoms with Crippen molar-refractivity contribution in [3.8, 4) is 11.4 Å². The second-order valence-corrected chi connectivity index (χ2v) is 10.1. The summed E-state index contributed by atoms with van der Waals surface area (Å²) in [6.07, 6.45) is 7.83. The molecule has 5 nitrogen and oxygen atoms in total. The Morgan fingerprint density at radius 3 is 2.33 bits per heavy atom. The minimum Gasteiger partial charge on any atom is -0.339 e. The Labute approximate surface area is 141 Å². The maximum absolute atomic E-state index is 12.0. The van der Waals surface area contributed by atoms with E-state index in [0.717, 1.165) is 17.0 Å². The van der Waals surface area contributed by atoms with E-state index in [1.54, 1.807) is 0 Å². The van der Waals surface area contributed by atoms with Crippen LogP contribution in [0.25, 0.3) is 11.4 Å². The van der Waals surface area contributed by atoms with Crippen LogP contribution in [0.4, 0.5) is 0 Å². The van der Waals surface area contributed by atoms with Crippen LogP contribution in [0.2, 0.25) is 0 Å². The summed E-state index contributed by atoms with van der Waals surface area (Å²) in [4.78, 5) is 4.58. The molecule has 24 heavy (non-hydrogen) atoms. The highest BCUT2D eigenvalue weighted by Gasteiger charge is 2.60. The summed E-state index contributed by atoms with van der Waals surface area (Å²) >= 11 is 0. The molecule has 1 spiro atoms. The second kappa shape index (κ2) is 4.48. The zero-order valence-corrected chi connectivity index (χ0v) is 14.5. The van der Waals surface area contributed by atoms with E-state index in [-0.39, 0.29) is 0 Å². The van der Waals surface area contributed by atoms with Crippen molar-refractivity contribution in [3.63, 3.8) is 0 Å². The van der Waals surface area contributed by atoms with Gasteiger partial charge in [-0.3, -0.25) is 0 Å². The van der Waals surface area contributed by atoms with Gasteiger partial charge >= 0.3 is 0 Å². The SMILES string of the molecule is CS(=O)(=O)C1(c2ccc(-c3noc(C4CC45CCC5)n3)cc2)CC1. The zero-order chi connectivity index (χ0) is 16.6. The number of aromatic nitrogens is 2. The second-order valence-electron chi connectivity index (χ2n) is 7.77. The van der Waals surface area contributed by atoms with Gasteiger partial charge in [0.05, 0.1) is 4.75 Å². The lowest BCUT2D eigenvalue weighted by molar-refractivity contribution is 0.259. The zero-order valence-electron chi connectivity index (χ0n) is 13.7. The van der Waals surface area contributed by atoms with Gasteiger partial charge in [0.25, 0.3) is 0 Å². The van der Waals surface area contributed by atoms with Crippen molar-refractivity contribution in [1.29, 1.82) is 0 Å². The minimum absolute atomic E-state index is 0.451. The third-order valence-electron chi connectivity index (χ3n) is 6.36. The van der Waals surface area contributed by atoms with Crippen molar-refractivity contribution in [2.24, 2.45) is 5.41 Å². The normalized spacial score (nSPS) is 26.1. The van der Waals surface area contributed by atoms with E-state index >= 15 is 0 Å². The standard InChI is InChI=1S/C18H20N2O3S/c1-24(21,22)18(9-10-18)13-5-3-12(4-6-13)15-19-16(23-20-15)14-11-17(14)7-2-8-17/h3-6,14H,2,7-11H2,1H3. The van der Waals surface area contributed by atoms with Gasteiger partial charge in [-0.25, -0.2) is 8.42 Å². The van der Waals surface area contributed by atoms with Crippen molar-refractivity contribution in [3.05, 3.63) is 35.7 Å². The molecule has 0 N–H and O–H groups in total. The largest absolute Gasteiger partial charge is 0.339 e. The highest BCUT2D eigenvalue weighted by molar-refractivity contribution is 7.92. The molecule has 1 unspecified atom stereocenters. The van der Waals surface area contributed by atoms with Crippen LogP contribution in [0.15, 0.2) is 28.8 Å². The molecule has 3 aliphatic rings. The Morgan fingerprint density at radius 2 is 1.83 bits per heavy atom. The Balaban J connectivity index is 1.40. The molecular formula is C18H20N2O3S. The van der Waals surface area contributed by atoms with Gasteiger partial charge in [0.1, 0.15) is 0 Å². The highest BCUT2D eigenvalue weighted by atomic mass is 32.2. The minimum atomic E-state index is -3.08. The summed E-state index contributed by atoms with van der Waals surface area (Å²) in [5.74, 6) is 1.82. The number of hydrogen-bond donors (Lipinski definition) is 0. The van der Waals surface area contributed by atoms with Gasteiger partial charge in [-0.2, -0.15) is 4.98 Å². The molecule has 0 amide bonds. The number of hydrogen-bond acceptors (Lipinski definition) is 5. The van der Waals surface area contributed by atoms with E-state index in [0.29, 0.717) is 30.0 Å². The van der Waals surface area contributed by atoms with Gasteiger partial charge in [0, 0.05) is 17.7 Å². The maximum atomic E-state index is 12.0. The first-order valence-corrected chi connectivity index (χ1v) is 10.5. The molecular weight excluding hydrogens is 324 g/mol. The monoisotopic (exact) mass is 344 g/mol. The molecule has 1 heterocycles. The van der Waals surface area contributed by atoms with Gasteiger partial charge in [-0.05, 0) is 43.1 Å². The number of rotatable bonds is 4. The molecule has 0 radical (unpaired) electrons. The molecule has 0 aliphatic heterocycles. The maximum Gasteiger partial charge on any atom is 0.230 e. The van der Waals surface area contributed by atoms with Gasteiger partial charge in [-0.1, -0.05) is 35.8 Å². The third kappa shape index (κ3) is 1.95. The topological polar surface area (TPSA) is 73.1 Å². The lowest BCUT2D eigenvalue weighted by Crippen LogP contribution is -2.19. The fraction of sp³-hybridized carbons (Fsp3) is 0.556. The number of nitrogens with zero attached hydrogens (tertiary/aromatic N) is 2. The van der Waals surface area contributed by atoms with Crippen molar-refractivity contribution in [1.82, 2.24) is 10.1 Å². The van der Waals surface area contributed by atoms with Gasteiger partial charge < -0.3 is 4.52 Å². The van der Waals surface area contributed by atoms with E-state index < -0.39 is 14.6 Å². The van der Waals surface area contributed by atoms with Crippen LogP contribution in [0.1, 0.15) is 55.9 Å². The van der Waals surface area contributed by atoms with Crippen LogP contribution < -0.4 is 0 Å². The summed E-state index contributed by atoms with van der Waals surface area (Å²) in [7, 11) is -3.08. The summed E-state index contributed by atoms with van der Waals surface area (Å²) in [6.45, 7) is 0. The van der Waals surface area contributed by atoms with E-state index in [4.69, 9.17) is 4.52 Å². The molecule has 1 atom stereocenters. The molecule has 3 aliphatic carbocycles. The highest BCUT2D eigenvalue weighted by Crippen LogP contribution is 2.69. The first-order chi connectivity index (χ1) is 11.4. The molecule has 1 aromatic heterocycles. The van der Waals surface area contributed by atoms with Crippen molar-refractivity contribution in [2.75, 3.05) is 6.26 Å². The van der Waals surface area contributed by atoms with Crippen LogP contribution in [-0.4, -0.2) is 24.8 Å². The first kappa shape index (κ1) is 14.6. The molecule has 0 saturated heterocycles. The van der Waals surface area contributed by atoms with Crippen LogP contribution in [0.3, 0.4) is 0 Å². The summed E-state index contributed by atoms with van der Waals surface area (Å²) in [5.41, 5.74) is 2.22. The Bertz CT molecular complexity index is 906. The first-order valence-electron chi connectivity index (χ1n) is 8.58. The quantitative estimate of drug-likeness (QED) is 0.849. The lowest BCUT2D eigenvalue weighted by atomic mass is 9.80. The van der Waals surface area contributed by atoms with E-state index in [9.17, 15) is 8.42 Å². The Morgan fingerprint density at radius 1 is 1.12 bits per heavy atom. The van der Waals surface area contributed by atoms with E-state index in [1.165, 1.54) is 31.9 Å².